The highest BCUT2D eigenvalue weighted by Gasteiger charge is 1.90. The molecule has 0 bridgehead atoms. The van der Waals surface area contributed by atoms with Crippen LogP contribution in [0.1, 0.15) is 7.43 Å². The second-order valence-corrected chi connectivity index (χ2v) is 1.49. The third kappa shape index (κ3) is 8.65. The van der Waals surface area contributed by atoms with Crippen molar-refractivity contribution in [1.29, 1.82) is 0 Å². The number of aromatic hydroxyl groups is 2. The molecule has 0 atom stereocenters. The molecule has 1 aromatic carbocycles. The minimum atomic E-state index is -0.0764. The monoisotopic (exact) mass is 189 g/mol. The lowest BCUT2D eigenvalue weighted by atomic mass is 10.3. The quantitative estimate of drug-likeness (QED) is 0.457. The van der Waals surface area contributed by atoms with Crippen LogP contribution in [0.2, 0.25) is 0 Å². The Morgan fingerprint density at radius 2 is 1.15 bits per heavy atom. The van der Waals surface area contributed by atoms with Crippen molar-refractivity contribution in [2.45, 2.75) is 7.43 Å². The summed E-state index contributed by atoms with van der Waals surface area (Å²) in [7, 11) is 2.50. The second kappa shape index (κ2) is 13.3. The number of hydrogen-bond acceptors (Lipinski definition) is 4. The number of aliphatic hydroxyl groups is 1. The van der Waals surface area contributed by atoms with Gasteiger partial charge in [0.05, 0.1) is 0 Å². The average molecular weight is 189 g/mol. The summed E-state index contributed by atoms with van der Waals surface area (Å²) >= 11 is 0. The van der Waals surface area contributed by atoms with Crippen LogP contribution in [0, 0.1) is 0 Å². The largest absolute Gasteiger partial charge is 0.504 e. The number of phenolic OH excluding ortho intramolecular Hbond substituents is 2. The highest BCUT2D eigenvalue weighted by molar-refractivity contribution is 5.36. The highest BCUT2D eigenvalue weighted by atomic mass is 16.3. The molecule has 0 aliphatic carbocycles. The maximum absolute atomic E-state index is 8.67. The molecule has 78 valence electrons. The van der Waals surface area contributed by atoms with Gasteiger partial charge in [0.1, 0.15) is 0 Å². The number of nitrogens with two attached hydrogens (primary N) is 1. The molecule has 0 saturated carbocycles. The van der Waals surface area contributed by atoms with Crippen molar-refractivity contribution < 1.29 is 15.3 Å². The zero-order chi connectivity index (χ0) is 9.98. The molecule has 0 aliphatic rings. The number of para-hydroxylation sites is 2. The van der Waals surface area contributed by atoms with Gasteiger partial charge in [-0.3, -0.25) is 0 Å². The van der Waals surface area contributed by atoms with Crippen LogP contribution in [-0.4, -0.2) is 29.5 Å². The third-order valence-corrected chi connectivity index (χ3v) is 0.882. The number of aliphatic hydroxyl groups excluding tert-OH is 1. The van der Waals surface area contributed by atoms with Crippen molar-refractivity contribution in [1.82, 2.24) is 0 Å². The third-order valence-electron chi connectivity index (χ3n) is 0.882. The van der Waals surface area contributed by atoms with Crippen LogP contribution in [0.4, 0.5) is 0 Å². The van der Waals surface area contributed by atoms with Crippen molar-refractivity contribution in [3.8, 4) is 11.5 Å². The summed E-state index contributed by atoms with van der Waals surface area (Å²) in [5.41, 5.74) is 4.50. The maximum atomic E-state index is 8.67. The van der Waals surface area contributed by atoms with E-state index >= 15 is 0 Å². The van der Waals surface area contributed by atoms with Crippen LogP contribution in [0.25, 0.3) is 0 Å². The van der Waals surface area contributed by atoms with Gasteiger partial charge in [-0.15, -0.1) is 0 Å². The smallest absolute Gasteiger partial charge is 0.157 e. The Morgan fingerprint density at radius 1 is 0.923 bits per heavy atom. The fourth-order valence-corrected chi connectivity index (χ4v) is 0.464. The van der Waals surface area contributed by atoms with Gasteiger partial charge in [-0.2, -0.15) is 0 Å². The minimum absolute atomic E-state index is 0. The first kappa shape index (κ1) is 17.7. The van der Waals surface area contributed by atoms with Crippen LogP contribution in [0.5, 0.6) is 11.5 Å². The van der Waals surface area contributed by atoms with Gasteiger partial charge in [0.15, 0.2) is 11.5 Å². The van der Waals surface area contributed by atoms with Gasteiger partial charge in [-0.1, -0.05) is 19.6 Å². The lowest BCUT2D eigenvalue weighted by Gasteiger charge is -1.91. The summed E-state index contributed by atoms with van der Waals surface area (Å²) in [5.74, 6) is -0.153. The Bertz CT molecular complexity index is 171. The molecule has 5 N–H and O–H groups in total. The summed E-state index contributed by atoms with van der Waals surface area (Å²) in [6.07, 6.45) is 0. The van der Waals surface area contributed by atoms with Gasteiger partial charge >= 0.3 is 0 Å². The van der Waals surface area contributed by atoms with E-state index < -0.39 is 0 Å². The molecule has 0 saturated heterocycles. The number of phenols is 2. The Kier molecular flexibility index (Phi) is 18.2. The first-order valence-corrected chi connectivity index (χ1v) is 3.30. The van der Waals surface area contributed by atoms with E-state index in [0.717, 1.165) is 7.11 Å². The van der Waals surface area contributed by atoms with Crippen LogP contribution in [0.15, 0.2) is 24.3 Å². The molecule has 0 radical (unpaired) electrons. The normalized spacial score (nSPS) is 6.46. The average Bonchev–Trinajstić information content (AvgIpc) is 2.17. The van der Waals surface area contributed by atoms with Gasteiger partial charge in [0.25, 0.3) is 0 Å². The topological polar surface area (TPSA) is 86.7 Å². The van der Waals surface area contributed by atoms with E-state index in [1.807, 2.05) is 0 Å². The first-order valence-electron chi connectivity index (χ1n) is 3.30. The highest BCUT2D eigenvalue weighted by Crippen LogP contribution is 2.21. The van der Waals surface area contributed by atoms with Gasteiger partial charge < -0.3 is 21.1 Å². The van der Waals surface area contributed by atoms with Gasteiger partial charge in [-0.05, 0) is 19.2 Å². The molecule has 0 aromatic heterocycles. The van der Waals surface area contributed by atoms with E-state index in [4.69, 9.17) is 15.3 Å². The van der Waals surface area contributed by atoms with Crippen molar-refractivity contribution in [3.05, 3.63) is 24.3 Å². The molecular formula is C9H19NO3. The molecule has 1 aromatic rings. The van der Waals surface area contributed by atoms with Crippen molar-refractivity contribution in [2.24, 2.45) is 5.73 Å². The Labute approximate surface area is 79.3 Å². The summed E-state index contributed by atoms with van der Waals surface area (Å²) in [4.78, 5) is 0. The number of rotatable bonds is 0. The lowest BCUT2D eigenvalue weighted by molar-refractivity contribution is 0.399. The van der Waals surface area contributed by atoms with E-state index in [0.29, 0.717) is 0 Å². The SMILES string of the molecule is C.CN.CO.Oc1ccccc1O. The predicted molar refractivity (Wildman–Crippen MR) is 54.8 cm³/mol. The molecule has 13 heavy (non-hydrogen) atoms. The van der Waals surface area contributed by atoms with Gasteiger partial charge in [0, 0.05) is 7.11 Å². The first-order chi connectivity index (χ1) is 5.80. The summed E-state index contributed by atoms with van der Waals surface area (Å²) in [5, 5.41) is 24.3. The summed E-state index contributed by atoms with van der Waals surface area (Å²) in [6, 6.07) is 6.15. The maximum Gasteiger partial charge on any atom is 0.157 e. The van der Waals surface area contributed by atoms with E-state index in [9.17, 15) is 0 Å². The van der Waals surface area contributed by atoms with Crippen molar-refractivity contribution >= 4 is 0 Å². The van der Waals surface area contributed by atoms with E-state index in [1.54, 1.807) is 12.1 Å². The standard InChI is InChI=1S/C6H6O2.CH5N.CH4O.CH4/c7-5-3-1-2-4-6(5)8;2*1-2;/h1-4,7-8H;2H2,1H3;2H,1H3;1H4. The van der Waals surface area contributed by atoms with Crippen molar-refractivity contribution in [3.63, 3.8) is 0 Å². The fourth-order valence-electron chi connectivity index (χ4n) is 0.464. The predicted octanol–water partition coefficient (Wildman–Crippen LogP) is 0.917. The molecule has 0 spiro atoms. The fraction of sp³-hybridized carbons (Fsp3) is 0.333. The molecule has 0 fully saturated rings. The Morgan fingerprint density at radius 3 is 1.31 bits per heavy atom. The zero-order valence-corrected chi connectivity index (χ0v) is 7.23. The lowest BCUT2D eigenvalue weighted by Crippen LogP contribution is -1.69. The number of benzene rings is 1. The van der Waals surface area contributed by atoms with Gasteiger partial charge in [0.2, 0.25) is 0 Å². The van der Waals surface area contributed by atoms with Crippen LogP contribution in [-0.2, 0) is 0 Å². The van der Waals surface area contributed by atoms with E-state index in [2.05, 4.69) is 5.73 Å². The molecule has 4 nitrogen and oxygen atoms in total. The molecule has 0 amide bonds. The molecule has 1 rings (SSSR count). The van der Waals surface area contributed by atoms with Crippen LogP contribution >= 0.6 is 0 Å². The Balaban J connectivity index is -0.000000178. The molecular weight excluding hydrogens is 170 g/mol. The molecule has 0 aliphatic heterocycles. The zero-order valence-electron chi connectivity index (χ0n) is 7.23. The van der Waals surface area contributed by atoms with E-state index in [1.165, 1.54) is 19.2 Å². The van der Waals surface area contributed by atoms with Gasteiger partial charge in [-0.25, -0.2) is 0 Å². The number of hydrogen-bond donors (Lipinski definition) is 4. The van der Waals surface area contributed by atoms with E-state index in [-0.39, 0.29) is 18.9 Å². The second-order valence-electron chi connectivity index (χ2n) is 1.49. The molecule has 0 unspecified atom stereocenters. The Hall–Kier alpha value is -1.26. The van der Waals surface area contributed by atoms with Crippen molar-refractivity contribution in [2.75, 3.05) is 14.2 Å². The minimum Gasteiger partial charge on any atom is -0.504 e. The van der Waals surface area contributed by atoms with Crippen LogP contribution in [0.3, 0.4) is 0 Å². The summed E-state index contributed by atoms with van der Waals surface area (Å²) in [6.45, 7) is 0. The van der Waals surface area contributed by atoms with Crippen LogP contribution < -0.4 is 5.73 Å². The molecule has 0 heterocycles. The molecule has 4 heteroatoms. The summed E-state index contributed by atoms with van der Waals surface area (Å²) < 4.78 is 0.